The van der Waals surface area contributed by atoms with Gasteiger partial charge in [0.2, 0.25) is 0 Å². The molecule has 2 aliphatic heterocycles. The molecule has 2 aliphatic rings. The summed E-state index contributed by atoms with van der Waals surface area (Å²) in [6, 6.07) is 4.14. The van der Waals surface area contributed by atoms with E-state index in [1.165, 1.54) is 12.1 Å². The SMILES string of the molecule is CN(CCCO)Cc1ccc2n(c1=O)C[C@@H]1CNC[C@H]2C1. The van der Waals surface area contributed by atoms with Crippen LogP contribution in [0.2, 0.25) is 0 Å². The van der Waals surface area contributed by atoms with Crippen LogP contribution in [0.4, 0.5) is 0 Å². The summed E-state index contributed by atoms with van der Waals surface area (Å²) in [6.07, 6.45) is 1.96. The van der Waals surface area contributed by atoms with E-state index in [9.17, 15) is 4.79 Å². The van der Waals surface area contributed by atoms with E-state index in [4.69, 9.17) is 5.11 Å². The summed E-state index contributed by atoms with van der Waals surface area (Å²) in [5, 5.41) is 12.4. The van der Waals surface area contributed by atoms with E-state index < -0.39 is 0 Å². The van der Waals surface area contributed by atoms with Crippen molar-refractivity contribution < 1.29 is 5.11 Å². The molecule has 2 N–H and O–H groups in total. The molecular weight excluding hydrogens is 266 g/mol. The largest absolute Gasteiger partial charge is 0.396 e. The predicted molar refractivity (Wildman–Crippen MR) is 82.5 cm³/mol. The number of hydrogen-bond acceptors (Lipinski definition) is 4. The molecular formula is C16H25N3O2. The lowest BCUT2D eigenvalue weighted by Crippen LogP contribution is -2.45. The molecule has 1 fully saturated rings. The number of rotatable bonds is 5. The highest BCUT2D eigenvalue weighted by Gasteiger charge is 2.31. The van der Waals surface area contributed by atoms with Crippen molar-refractivity contribution in [1.82, 2.24) is 14.8 Å². The van der Waals surface area contributed by atoms with Crippen LogP contribution in [0.15, 0.2) is 16.9 Å². The summed E-state index contributed by atoms with van der Waals surface area (Å²) >= 11 is 0. The second-order valence-electron chi connectivity index (χ2n) is 6.47. The summed E-state index contributed by atoms with van der Waals surface area (Å²) in [7, 11) is 2.00. The fourth-order valence-corrected chi connectivity index (χ4v) is 3.67. The Balaban J connectivity index is 1.82. The topological polar surface area (TPSA) is 57.5 Å². The Labute approximate surface area is 125 Å². The number of nitrogens with zero attached hydrogens (tertiary/aromatic N) is 2. The molecule has 2 atom stereocenters. The molecule has 0 radical (unpaired) electrons. The van der Waals surface area contributed by atoms with Crippen LogP contribution in [0.25, 0.3) is 0 Å². The molecule has 2 bridgehead atoms. The average Bonchev–Trinajstić information content (AvgIpc) is 2.49. The summed E-state index contributed by atoms with van der Waals surface area (Å²) in [5.74, 6) is 1.09. The molecule has 116 valence electrons. The van der Waals surface area contributed by atoms with Gasteiger partial charge < -0.3 is 19.9 Å². The highest BCUT2D eigenvalue weighted by Crippen LogP contribution is 2.31. The van der Waals surface area contributed by atoms with Crippen molar-refractivity contribution in [2.24, 2.45) is 5.92 Å². The third-order valence-electron chi connectivity index (χ3n) is 4.73. The maximum Gasteiger partial charge on any atom is 0.255 e. The van der Waals surface area contributed by atoms with Crippen LogP contribution in [-0.4, -0.2) is 47.9 Å². The van der Waals surface area contributed by atoms with Crippen LogP contribution < -0.4 is 10.9 Å². The molecule has 0 unspecified atom stereocenters. The summed E-state index contributed by atoms with van der Waals surface area (Å²) in [4.78, 5) is 14.8. The van der Waals surface area contributed by atoms with Crippen molar-refractivity contribution in [1.29, 1.82) is 0 Å². The first-order chi connectivity index (χ1) is 10.2. The molecule has 5 nitrogen and oxygen atoms in total. The minimum Gasteiger partial charge on any atom is -0.396 e. The third kappa shape index (κ3) is 3.05. The van der Waals surface area contributed by atoms with Gasteiger partial charge in [0.25, 0.3) is 5.56 Å². The maximum absolute atomic E-state index is 12.7. The first-order valence-corrected chi connectivity index (χ1v) is 7.91. The second kappa shape index (κ2) is 6.30. The quantitative estimate of drug-likeness (QED) is 0.823. The molecule has 0 saturated carbocycles. The summed E-state index contributed by atoms with van der Waals surface area (Å²) < 4.78 is 2.01. The molecule has 5 heteroatoms. The van der Waals surface area contributed by atoms with Gasteiger partial charge >= 0.3 is 0 Å². The number of aromatic nitrogens is 1. The Morgan fingerprint density at radius 3 is 3.10 bits per heavy atom. The summed E-state index contributed by atoms with van der Waals surface area (Å²) in [6.45, 7) is 4.55. The van der Waals surface area contributed by atoms with E-state index in [0.29, 0.717) is 18.4 Å². The first kappa shape index (κ1) is 14.8. The number of piperidine rings is 1. The fraction of sp³-hybridized carbons (Fsp3) is 0.688. The zero-order valence-electron chi connectivity index (χ0n) is 12.7. The van der Waals surface area contributed by atoms with Crippen molar-refractivity contribution >= 4 is 0 Å². The number of aliphatic hydroxyl groups excluding tert-OH is 1. The maximum atomic E-state index is 12.7. The fourth-order valence-electron chi connectivity index (χ4n) is 3.67. The molecule has 0 amide bonds. The van der Waals surface area contributed by atoms with E-state index in [1.807, 2.05) is 17.7 Å². The molecule has 1 saturated heterocycles. The molecule has 3 rings (SSSR count). The molecule has 0 spiro atoms. The minimum absolute atomic E-state index is 0.181. The van der Waals surface area contributed by atoms with Crippen molar-refractivity contribution in [3.8, 4) is 0 Å². The van der Waals surface area contributed by atoms with E-state index >= 15 is 0 Å². The van der Waals surface area contributed by atoms with Gasteiger partial charge in [0.15, 0.2) is 0 Å². The van der Waals surface area contributed by atoms with Crippen LogP contribution in [0.3, 0.4) is 0 Å². The Morgan fingerprint density at radius 1 is 1.43 bits per heavy atom. The van der Waals surface area contributed by atoms with Crippen LogP contribution in [-0.2, 0) is 13.1 Å². The molecule has 21 heavy (non-hydrogen) atoms. The number of hydrogen-bond donors (Lipinski definition) is 2. The zero-order valence-corrected chi connectivity index (χ0v) is 12.7. The Hall–Kier alpha value is -1.17. The van der Waals surface area contributed by atoms with Crippen molar-refractivity contribution in [3.05, 3.63) is 33.7 Å². The van der Waals surface area contributed by atoms with Crippen molar-refractivity contribution in [2.75, 3.05) is 33.3 Å². The van der Waals surface area contributed by atoms with E-state index in [-0.39, 0.29) is 12.2 Å². The van der Waals surface area contributed by atoms with Gasteiger partial charge in [-0.05, 0) is 38.4 Å². The average molecular weight is 291 g/mol. The van der Waals surface area contributed by atoms with Gasteiger partial charge in [-0.1, -0.05) is 6.07 Å². The van der Waals surface area contributed by atoms with E-state index in [1.54, 1.807) is 0 Å². The van der Waals surface area contributed by atoms with Gasteiger partial charge in [-0.3, -0.25) is 4.79 Å². The molecule has 0 aliphatic carbocycles. The second-order valence-corrected chi connectivity index (χ2v) is 6.47. The monoisotopic (exact) mass is 291 g/mol. The number of nitrogens with one attached hydrogen (secondary N) is 1. The molecule has 3 heterocycles. The molecule has 1 aromatic heterocycles. The Kier molecular flexibility index (Phi) is 4.42. The van der Waals surface area contributed by atoms with Crippen LogP contribution in [0.5, 0.6) is 0 Å². The van der Waals surface area contributed by atoms with Gasteiger partial charge in [-0.25, -0.2) is 0 Å². The molecule has 1 aromatic rings. The lowest BCUT2D eigenvalue weighted by molar-refractivity contribution is 0.240. The predicted octanol–water partition coefficient (Wildman–Crippen LogP) is 0.369. The first-order valence-electron chi connectivity index (χ1n) is 7.91. The smallest absolute Gasteiger partial charge is 0.255 e. The summed E-state index contributed by atoms with van der Waals surface area (Å²) in [5.41, 5.74) is 2.25. The van der Waals surface area contributed by atoms with E-state index in [0.717, 1.165) is 38.2 Å². The normalized spacial score (nSPS) is 24.1. The third-order valence-corrected chi connectivity index (χ3v) is 4.73. The standard InChI is InChI=1S/C16H25N3O2/c1-18(5-2-6-20)11-13-3-4-15-14-7-12(8-17-9-14)10-19(15)16(13)21/h3-4,12,14,17,20H,2,5-11H2,1H3/t12-,14+/m0/s1. The Bertz CT molecular complexity index is 555. The van der Waals surface area contributed by atoms with Gasteiger partial charge in [-0.15, -0.1) is 0 Å². The zero-order chi connectivity index (χ0) is 14.8. The van der Waals surface area contributed by atoms with Crippen LogP contribution in [0.1, 0.15) is 30.0 Å². The molecule has 0 aromatic carbocycles. The lowest BCUT2D eigenvalue weighted by Gasteiger charge is -2.37. The van der Waals surface area contributed by atoms with Crippen molar-refractivity contribution in [2.45, 2.75) is 31.8 Å². The lowest BCUT2D eigenvalue weighted by atomic mass is 9.84. The number of fused-ring (bicyclic) bond motifs is 4. The van der Waals surface area contributed by atoms with Gasteiger partial charge in [-0.2, -0.15) is 0 Å². The van der Waals surface area contributed by atoms with Crippen molar-refractivity contribution in [3.63, 3.8) is 0 Å². The number of pyridine rings is 1. The minimum atomic E-state index is 0.181. The highest BCUT2D eigenvalue weighted by molar-refractivity contribution is 5.22. The van der Waals surface area contributed by atoms with Crippen LogP contribution in [0, 0.1) is 5.92 Å². The highest BCUT2D eigenvalue weighted by atomic mass is 16.3. The van der Waals surface area contributed by atoms with Gasteiger partial charge in [0.05, 0.1) is 0 Å². The van der Waals surface area contributed by atoms with Crippen LogP contribution >= 0.6 is 0 Å². The Morgan fingerprint density at radius 2 is 2.29 bits per heavy atom. The number of aliphatic hydroxyl groups is 1. The van der Waals surface area contributed by atoms with Gasteiger partial charge in [0.1, 0.15) is 0 Å². The van der Waals surface area contributed by atoms with Gasteiger partial charge in [0, 0.05) is 50.0 Å². The van der Waals surface area contributed by atoms with E-state index in [2.05, 4.69) is 16.3 Å².